The lowest BCUT2D eigenvalue weighted by molar-refractivity contribution is 0.619. The number of allylic oxidation sites excluding steroid dienone is 1. The number of fused-ring (bicyclic) bond motifs is 1. The van der Waals surface area contributed by atoms with E-state index in [2.05, 4.69) is 15.5 Å². The second-order valence-electron chi connectivity index (χ2n) is 4.03. The molecule has 116 valence electrons. The predicted molar refractivity (Wildman–Crippen MR) is 92.3 cm³/mol. The molecule has 0 unspecified atom stereocenters. The van der Waals surface area contributed by atoms with Crippen LogP contribution >= 0.6 is 23.4 Å². The summed E-state index contributed by atoms with van der Waals surface area (Å²) in [5.41, 5.74) is 2.71. The second kappa shape index (κ2) is 8.29. The third-order valence-electron chi connectivity index (χ3n) is 3.00. The first-order valence-electron chi connectivity index (χ1n) is 6.81. The Morgan fingerprint density at radius 2 is 2.19 bits per heavy atom. The van der Waals surface area contributed by atoms with Crippen LogP contribution in [-0.2, 0) is 5.75 Å². The Morgan fingerprint density at radius 1 is 1.52 bits per heavy atom. The molecule has 0 aliphatic carbocycles. The summed E-state index contributed by atoms with van der Waals surface area (Å²) in [6.07, 6.45) is 5.47. The van der Waals surface area contributed by atoms with Crippen molar-refractivity contribution in [2.45, 2.75) is 26.5 Å². The highest BCUT2D eigenvalue weighted by molar-refractivity contribution is 7.97. The smallest absolute Gasteiger partial charge is 0.148 e. The largest absolute Gasteiger partial charge is 0.388 e. The lowest BCUT2D eigenvalue weighted by Crippen LogP contribution is -2.07. The van der Waals surface area contributed by atoms with E-state index in [0.29, 0.717) is 22.4 Å². The van der Waals surface area contributed by atoms with Crippen LogP contribution in [0.15, 0.2) is 12.3 Å². The lowest BCUT2D eigenvalue weighted by Gasteiger charge is -2.14. The summed E-state index contributed by atoms with van der Waals surface area (Å²) in [5, 5.41) is 10.9. The first-order valence-corrected chi connectivity index (χ1v) is 8.59. The average Bonchev–Trinajstić information content (AvgIpc) is 2.99. The Morgan fingerprint density at radius 3 is 2.71 bits per heavy atom. The molecule has 0 aliphatic rings. The van der Waals surface area contributed by atoms with Crippen molar-refractivity contribution in [1.82, 2.24) is 15.5 Å². The maximum Gasteiger partial charge on any atom is 0.148 e. The lowest BCUT2D eigenvalue weighted by atomic mass is 10.0. The van der Waals surface area contributed by atoms with Crippen LogP contribution in [0.1, 0.15) is 31.9 Å². The van der Waals surface area contributed by atoms with Gasteiger partial charge in [0.05, 0.1) is 16.7 Å². The third kappa shape index (κ3) is 3.35. The second-order valence-corrected chi connectivity index (χ2v) is 5.27. The minimum atomic E-state index is -0.377. The van der Waals surface area contributed by atoms with Crippen LogP contribution in [0.3, 0.4) is 0 Å². The van der Waals surface area contributed by atoms with Crippen LogP contribution in [0.5, 0.6) is 0 Å². The zero-order chi connectivity index (χ0) is 16.0. The molecule has 0 bridgehead atoms. The van der Waals surface area contributed by atoms with Gasteiger partial charge in [0.1, 0.15) is 5.82 Å². The number of H-pyrrole nitrogens is 1. The van der Waals surface area contributed by atoms with Gasteiger partial charge in [-0.1, -0.05) is 31.5 Å². The van der Waals surface area contributed by atoms with E-state index >= 15 is 0 Å². The summed E-state index contributed by atoms with van der Waals surface area (Å²) >= 11 is 7.76. The summed E-state index contributed by atoms with van der Waals surface area (Å²) in [4.78, 5) is 0. The van der Waals surface area contributed by atoms with E-state index in [1.807, 2.05) is 33.1 Å². The molecule has 0 saturated heterocycles. The average molecular weight is 330 g/mol. The topological polar surface area (TPSA) is 40.7 Å². The van der Waals surface area contributed by atoms with Gasteiger partial charge in [-0.15, -0.1) is 0 Å². The zero-order valence-electron chi connectivity index (χ0n) is 13.0. The molecule has 0 aliphatic heterocycles. The van der Waals surface area contributed by atoms with Gasteiger partial charge in [0, 0.05) is 35.0 Å². The molecule has 0 atom stereocenters. The van der Waals surface area contributed by atoms with Gasteiger partial charge in [-0.3, -0.25) is 5.10 Å². The van der Waals surface area contributed by atoms with Crippen molar-refractivity contribution in [3.63, 3.8) is 0 Å². The first-order chi connectivity index (χ1) is 10.2. The number of rotatable bonds is 4. The molecule has 2 aromatic rings. The molecule has 1 heterocycles. The Hall–Kier alpha value is -1.20. The Bertz CT molecular complexity index is 637. The molecule has 1 aromatic heterocycles. The quantitative estimate of drug-likeness (QED) is 0.844. The number of hydrogen-bond donors (Lipinski definition) is 2. The molecule has 2 rings (SSSR count). The van der Waals surface area contributed by atoms with E-state index in [1.165, 1.54) is 0 Å². The number of aromatic nitrogens is 2. The molecule has 1 aromatic carbocycles. The van der Waals surface area contributed by atoms with Gasteiger partial charge in [-0.05, 0) is 13.2 Å². The van der Waals surface area contributed by atoms with Crippen LogP contribution < -0.4 is 5.32 Å². The molecule has 6 heteroatoms. The fourth-order valence-electron chi connectivity index (χ4n) is 2.13. The summed E-state index contributed by atoms with van der Waals surface area (Å²) in [6.45, 7) is 5.88. The van der Waals surface area contributed by atoms with E-state index in [1.54, 1.807) is 25.0 Å². The molecular formula is C15H21ClFN3S. The Balaban J connectivity index is 0.00000106. The molecular weight excluding hydrogens is 309 g/mol. The van der Waals surface area contributed by atoms with Crippen molar-refractivity contribution < 1.29 is 4.39 Å². The van der Waals surface area contributed by atoms with Gasteiger partial charge in [0.25, 0.3) is 0 Å². The molecule has 0 saturated carbocycles. The Kier molecular flexibility index (Phi) is 7.05. The summed E-state index contributed by atoms with van der Waals surface area (Å²) in [7, 11) is 1.78. The standard InChI is InChI=1S/C13H15ClFN3S.C2H6/c1-4-9(16-2)10-7-5-17-18-13(7)8(6-19-3)12(15)11(10)14;1-2/h4-5,16H,6H2,1-3H3,(H,17,18);1-2H3/b9-4-;. The highest BCUT2D eigenvalue weighted by Gasteiger charge is 2.21. The molecule has 0 fully saturated rings. The molecule has 0 spiro atoms. The maximum absolute atomic E-state index is 14.4. The summed E-state index contributed by atoms with van der Waals surface area (Å²) in [6, 6.07) is 0. The highest BCUT2D eigenvalue weighted by Crippen LogP contribution is 2.36. The van der Waals surface area contributed by atoms with E-state index in [9.17, 15) is 4.39 Å². The summed E-state index contributed by atoms with van der Waals surface area (Å²) in [5.74, 6) is 0.173. The number of hydrogen-bond acceptors (Lipinski definition) is 3. The zero-order valence-corrected chi connectivity index (χ0v) is 14.5. The van der Waals surface area contributed by atoms with Gasteiger partial charge < -0.3 is 5.32 Å². The van der Waals surface area contributed by atoms with Crippen LogP contribution in [-0.4, -0.2) is 23.5 Å². The molecule has 3 nitrogen and oxygen atoms in total. The number of nitrogens with one attached hydrogen (secondary N) is 2. The monoisotopic (exact) mass is 329 g/mol. The minimum Gasteiger partial charge on any atom is -0.388 e. The van der Waals surface area contributed by atoms with Crippen molar-refractivity contribution in [3.05, 3.63) is 34.2 Å². The molecule has 21 heavy (non-hydrogen) atoms. The highest BCUT2D eigenvalue weighted by atomic mass is 35.5. The van der Waals surface area contributed by atoms with Gasteiger partial charge >= 0.3 is 0 Å². The van der Waals surface area contributed by atoms with Crippen LogP contribution in [0, 0.1) is 5.82 Å². The number of thioether (sulfide) groups is 1. The minimum absolute atomic E-state index is 0.139. The molecule has 0 radical (unpaired) electrons. The van der Waals surface area contributed by atoms with E-state index in [4.69, 9.17) is 11.6 Å². The van der Waals surface area contributed by atoms with Gasteiger partial charge in [-0.2, -0.15) is 16.9 Å². The predicted octanol–water partition coefficient (Wildman–Crippen LogP) is 4.82. The summed E-state index contributed by atoms with van der Waals surface area (Å²) < 4.78 is 14.4. The van der Waals surface area contributed by atoms with Crippen molar-refractivity contribution in [2.75, 3.05) is 13.3 Å². The van der Waals surface area contributed by atoms with Gasteiger partial charge in [0.2, 0.25) is 0 Å². The number of benzene rings is 1. The van der Waals surface area contributed by atoms with Crippen molar-refractivity contribution >= 4 is 40.0 Å². The normalized spacial score (nSPS) is 11.3. The van der Waals surface area contributed by atoms with E-state index < -0.39 is 0 Å². The van der Waals surface area contributed by atoms with E-state index in [-0.39, 0.29) is 10.8 Å². The van der Waals surface area contributed by atoms with Crippen molar-refractivity contribution in [2.24, 2.45) is 0 Å². The fraction of sp³-hybridized carbons (Fsp3) is 0.400. The van der Waals surface area contributed by atoms with Crippen LogP contribution in [0.4, 0.5) is 4.39 Å². The number of nitrogens with zero attached hydrogens (tertiary/aromatic N) is 1. The van der Waals surface area contributed by atoms with Crippen LogP contribution in [0.2, 0.25) is 5.02 Å². The third-order valence-corrected chi connectivity index (χ3v) is 3.94. The van der Waals surface area contributed by atoms with Crippen molar-refractivity contribution in [1.29, 1.82) is 0 Å². The maximum atomic E-state index is 14.4. The molecule has 0 amide bonds. The van der Waals surface area contributed by atoms with E-state index in [0.717, 1.165) is 11.1 Å². The van der Waals surface area contributed by atoms with Gasteiger partial charge in [-0.25, -0.2) is 4.39 Å². The van der Waals surface area contributed by atoms with Gasteiger partial charge in [0.15, 0.2) is 0 Å². The Labute approximate surface area is 134 Å². The fourth-order valence-corrected chi connectivity index (χ4v) is 3.01. The van der Waals surface area contributed by atoms with Crippen LogP contribution in [0.25, 0.3) is 16.6 Å². The number of aromatic amines is 1. The van der Waals surface area contributed by atoms with Crippen molar-refractivity contribution in [3.8, 4) is 0 Å². The molecule has 2 N–H and O–H groups in total. The first kappa shape index (κ1) is 17.9. The SMILES string of the molecule is C/C=C(\NC)c1c(Cl)c(F)c(CSC)c2[nH]ncc12.CC. The number of halogens is 2.